The molecule has 3 heterocycles. The first kappa shape index (κ1) is 23.7. The Balaban J connectivity index is 1.25. The number of anilines is 1. The second kappa shape index (κ2) is 10.3. The van der Waals surface area contributed by atoms with E-state index in [4.69, 9.17) is 0 Å². The number of amides is 2. The quantitative estimate of drug-likeness (QED) is 0.445. The van der Waals surface area contributed by atoms with Crippen molar-refractivity contribution in [1.82, 2.24) is 19.7 Å². The van der Waals surface area contributed by atoms with E-state index in [1.54, 1.807) is 22.3 Å². The van der Waals surface area contributed by atoms with Gasteiger partial charge in [-0.05, 0) is 69.2 Å². The molecule has 5 rings (SSSR count). The molecule has 0 unspecified atom stereocenters. The standard InChI is InChI=1S/C27H33N5O2S/c1-18(2)32-24(14-15-28-32)27(34)31-16-6-9-23(31)26-30-22(17-35-26)25(33)29-21-12-10-20(11-13-21)19-7-4-3-5-8-19/h10-15,17-19,23H,3-9,16H2,1-2H3,(H,29,33)/t23-/m1/s1. The van der Waals surface area contributed by atoms with E-state index in [-0.39, 0.29) is 23.9 Å². The molecule has 0 radical (unpaired) electrons. The number of hydrogen-bond donors (Lipinski definition) is 1. The van der Waals surface area contributed by atoms with Gasteiger partial charge >= 0.3 is 0 Å². The van der Waals surface area contributed by atoms with Gasteiger partial charge in [0, 0.05) is 29.9 Å². The minimum absolute atomic E-state index is 0.0297. The summed E-state index contributed by atoms with van der Waals surface area (Å²) in [6.07, 6.45) is 9.91. The number of thiazole rings is 1. The highest BCUT2D eigenvalue weighted by Gasteiger charge is 2.34. The summed E-state index contributed by atoms with van der Waals surface area (Å²) >= 11 is 1.45. The number of carbonyl (C=O) groups excluding carboxylic acids is 2. The SMILES string of the molecule is CC(C)n1nccc1C(=O)N1CCC[C@@H]1c1nc(C(=O)Nc2ccc(C3CCCCC3)cc2)cs1. The molecular weight excluding hydrogens is 458 g/mol. The summed E-state index contributed by atoms with van der Waals surface area (Å²) in [4.78, 5) is 32.7. The zero-order valence-corrected chi connectivity index (χ0v) is 21.3. The second-order valence-corrected chi connectivity index (χ2v) is 10.8. The van der Waals surface area contributed by atoms with E-state index in [0.29, 0.717) is 23.9 Å². The Morgan fingerprint density at radius 1 is 1.03 bits per heavy atom. The van der Waals surface area contributed by atoms with Crippen molar-refractivity contribution in [3.05, 3.63) is 63.9 Å². The number of aromatic nitrogens is 3. The van der Waals surface area contributed by atoms with Gasteiger partial charge < -0.3 is 10.2 Å². The van der Waals surface area contributed by atoms with Crippen LogP contribution in [0.15, 0.2) is 41.9 Å². The highest BCUT2D eigenvalue weighted by molar-refractivity contribution is 7.10. The van der Waals surface area contributed by atoms with Gasteiger partial charge in [-0.2, -0.15) is 5.10 Å². The smallest absolute Gasteiger partial charge is 0.275 e. The predicted molar refractivity (Wildman–Crippen MR) is 138 cm³/mol. The van der Waals surface area contributed by atoms with E-state index < -0.39 is 0 Å². The fourth-order valence-electron chi connectivity index (χ4n) is 5.32. The Morgan fingerprint density at radius 2 is 1.80 bits per heavy atom. The summed E-state index contributed by atoms with van der Waals surface area (Å²) in [6, 6.07) is 10.0. The Morgan fingerprint density at radius 3 is 2.54 bits per heavy atom. The highest BCUT2D eigenvalue weighted by atomic mass is 32.1. The molecular formula is C27H33N5O2S. The molecule has 1 N–H and O–H groups in total. The van der Waals surface area contributed by atoms with Crippen LogP contribution in [0.4, 0.5) is 5.69 Å². The maximum Gasteiger partial charge on any atom is 0.275 e. The lowest BCUT2D eigenvalue weighted by Gasteiger charge is -2.24. The molecule has 1 aromatic carbocycles. The Labute approximate surface area is 210 Å². The van der Waals surface area contributed by atoms with Crippen molar-refractivity contribution in [2.45, 2.75) is 76.8 Å². The third kappa shape index (κ3) is 5.03. The summed E-state index contributed by atoms with van der Waals surface area (Å²) in [5.41, 5.74) is 3.14. The Kier molecular flexibility index (Phi) is 7.00. The normalized spacial score (nSPS) is 18.8. The van der Waals surface area contributed by atoms with E-state index in [1.807, 2.05) is 30.9 Å². The molecule has 0 bridgehead atoms. The molecule has 2 amide bonds. The molecule has 2 aromatic heterocycles. The summed E-state index contributed by atoms with van der Waals surface area (Å²) < 4.78 is 1.76. The third-order valence-corrected chi connectivity index (χ3v) is 8.12. The van der Waals surface area contributed by atoms with Crippen molar-refractivity contribution in [2.24, 2.45) is 0 Å². The molecule has 7 nitrogen and oxygen atoms in total. The van der Waals surface area contributed by atoms with E-state index in [2.05, 4.69) is 27.5 Å². The monoisotopic (exact) mass is 491 g/mol. The lowest BCUT2D eigenvalue weighted by atomic mass is 9.84. The van der Waals surface area contributed by atoms with Crippen molar-refractivity contribution in [1.29, 1.82) is 0 Å². The van der Waals surface area contributed by atoms with Crippen LogP contribution in [0.1, 0.15) is 108 Å². The highest BCUT2D eigenvalue weighted by Crippen LogP contribution is 2.36. The van der Waals surface area contributed by atoms with Crippen LogP contribution in [0.5, 0.6) is 0 Å². The Bertz CT molecular complexity index is 1180. The van der Waals surface area contributed by atoms with Crippen molar-refractivity contribution < 1.29 is 9.59 Å². The summed E-state index contributed by atoms with van der Waals surface area (Å²) in [7, 11) is 0. The summed E-state index contributed by atoms with van der Waals surface area (Å²) in [5.74, 6) is 0.399. The molecule has 1 aliphatic carbocycles. The fraction of sp³-hybridized carbons (Fsp3) is 0.481. The van der Waals surface area contributed by atoms with Crippen LogP contribution in [-0.2, 0) is 0 Å². The van der Waals surface area contributed by atoms with Gasteiger partial charge in [-0.15, -0.1) is 11.3 Å². The van der Waals surface area contributed by atoms with Crippen LogP contribution in [0.3, 0.4) is 0 Å². The summed E-state index contributed by atoms with van der Waals surface area (Å²) in [5, 5.41) is 9.89. The molecule has 1 saturated heterocycles. The number of rotatable bonds is 6. The largest absolute Gasteiger partial charge is 0.328 e. The molecule has 8 heteroatoms. The van der Waals surface area contributed by atoms with Crippen molar-refractivity contribution in [3.8, 4) is 0 Å². The maximum atomic E-state index is 13.3. The Hall–Kier alpha value is -3.00. The lowest BCUT2D eigenvalue weighted by Crippen LogP contribution is -2.32. The van der Waals surface area contributed by atoms with Gasteiger partial charge in [-0.3, -0.25) is 14.3 Å². The average Bonchev–Trinajstić information content (AvgIpc) is 3.65. The van der Waals surface area contributed by atoms with Crippen LogP contribution >= 0.6 is 11.3 Å². The van der Waals surface area contributed by atoms with Crippen LogP contribution in [0.2, 0.25) is 0 Å². The number of benzene rings is 1. The average molecular weight is 492 g/mol. The van der Waals surface area contributed by atoms with Crippen molar-refractivity contribution in [3.63, 3.8) is 0 Å². The minimum atomic E-state index is -0.216. The predicted octanol–water partition coefficient (Wildman–Crippen LogP) is 6.20. The zero-order chi connectivity index (χ0) is 24.4. The first-order chi connectivity index (χ1) is 17.0. The maximum absolute atomic E-state index is 13.3. The van der Waals surface area contributed by atoms with E-state index in [1.165, 1.54) is 49.0 Å². The zero-order valence-electron chi connectivity index (χ0n) is 20.4. The van der Waals surface area contributed by atoms with E-state index in [9.17, 15) is 9.59 Å². The molecule has 35 heavy (non-hydrogen) atoms. The van der Waals surface area contributed by atoms with Gasteiger partial charge in [-0.1, -0.05) is 31.4 Å². The van der Waals surface area contributed by atoms with Gasteiger partial charge in [0.15, 0.2) is 0 Å². The first-order valence-corrected chi connectivity index (χ1v) is 13.6. The van der Waals surface area contributed by atoms with Gasteiger partial charge in [0.2, 0.25) is 0 Å². The van der Waals surface area contributed by atoms with Crippen LogP contribution < -0.4 is 5.32 Å². The van der Waals surface area contributed by atoms with Gasteiger partial charge in [0.25, 0.3) is 11.8 Å². The first-order valence-electron chi connectivity index (χ1n) is 12.7. The van der Waals surface area contributed by atoms with Crippen LogP contribution in [0, 0.1) is 0 Å². The second-order valence-electron chi connectivity index (χ2n) is 9.89. The van der Waals surface area contributed by atoms with Crippen molar-refractivity contribution >= 4 is 28.8 Å². The lowest BCUT2D eigenvalue weighted by molar-refractivity contribution is 0.0720. The van der Waals surface area contributed by atoms with Crippen LogP contribution in [-0.4, -0.2) is 38.0 Å². The number of hydrogen-bond acceptors (Lipinski definition) is 5. The molecule has 1 saturated carbocycles. The molecule has 1 aliphatic heterocycles. The van der Waals surface area contributed by atoms with Crippen molar-refractivity contribution in [2.75, 3.05) is 11.9 Å². The molecule has 184 valence electrons. The molecule has 2 fully saturated rings. The molecule has 1 atom stereocenters. The number of nitrogens with zero attached hydrogens (tertiary/aromatic N) is 4. The van der Waals surface area contributed by atoms with E-state index >= 15 is 0 Å². The molecule has 3 aromatic rings. The van der Waals surface area contributed by atoms with Gasteiger partial charge in [-0.25, -0.2) is 4.98 Å². The minimum Gasteiger partial charge on any atom is -0.328 e. The third-order valence-electron chi connectivity index (χ3n) is 7.18. The number of likely N-dealkylation sites (tertiary alicyclic amines) is 1. The fourth-order valence-corrected chi connectivity index (χ4v) is 6.27. The van der Waals surface area contributed by atoms with E-state index in [0.717, 1.165) is 23.5 Å². The molecule has 0 spiro atoms. The van der Waals surface area contributed by atoms with Crippen LogP contribution in [0.25, 0.3) is 0 Å². The van der Waals surface area contributed by atoms with Gasteiger partial charge in [0.05, 0.1) is 6.04 Å². The van der Waals surface area contributed by atoms with Gasteiger partial charge in [0.1, 0.15) is 16.4 Å². The topological polar surface area (TPSA) is 80.1 Å². The summed E-state index contributed by atoms with van der Waals surface area (Å²) in [6.45, 7) is 4.71. The number of nitrogens with one attached hydrogen (secondary N) is 1. The number of carbonyl (C=O) groups is 2. The molecule has 2 aliphatic rings.